The Morgan fingerprint density at radius 1 is 1.11 bits per heavy atom. The Morgan fingerprint density at radius 2 is 1.85 bits per heavy atom. The van der Waals surface area contributed by atoms with Crippen molar-refractivity contribution in [3.8, 4) is 0 Å². The molecule has 1 aliphatic rings. The fourth-order valence-electron chi connectivity index (χ4n) is 3.76. The average molecular weight is 430 g/mol. The standard InChI is InChI=1S/C23H28BrNO2/c1-2-27-23(26)20-11-10-19(14-17-6-4-3-5-7-17)22(15-20)25-16-18-8-12-21(24)13-9-18/h8-13,15,17,25H,2-7,14,16H2,1H3. The summed E-state index contributed by atoms with van der Waals surface area (Å²) in [6.07, 6.45) is 7.75. The van der Waals surface area contributed by atoms with Gasteiger partial charge in [0.05, 0.1) is 12.2 Å². The molecule has 0 amide bonds. The highest BCUT2D eigenvalue weighted by atomic mass is 79.9. The number of halogens is 1. The van der Waals surface area contributed by atoms with Gasteiger partial charge >= 0.3 is 5.97 Å². The van der Waals surface area contributed by atoms with Crippen LogP contribution in [0.25, 0.3) is 0 Å². The second-order valence-corrected chi connectivity index (χ2v) is 8.20. The molecule has 1 saturated carbocycles. The minimum atomic E-state index is -0.256. The molecule has 1 aliphatic carbocycles. The van der Waals surface area contributed by atoms with E-state index in [1.807, 2.05) is 19.1 Å². The van der Waals surface area contributed by atoms with Crippen molar-refractivity contribution in [3.05, 3.63) is 63.6 Å². The Balaban J connectivity index is 1.77. The number of carbonyl (C=O) groups excluding carboxylic acids is 1. The van der Waals surface area contributed by atoms with Crippen molar-refractivity contribution in [3.63, 3.8) is 0 Å². The summed E-state index contributed by atoms with van der Waals surface area (Å²) in [5, 5.41) is 3.55. The lowest BCUT2D eigenvalue weighted by Crippen LogP contribution is -2.12. The van der Waals surface area contributed by atoms with Crippen LogP contribution in [0, 0.1) is 5.92 Å². The average Bonchev–Trinajstić information content (AvgIpc) is 2.69. The summed E-state index contributed by atoms with van der Waals surface area (Å²) >= 11 is 3.48. The van der Waals surface area contributed by atoms with E-state index in [2.05, 4.69) is 51.6 Å². The Hall–Kier alpha value is -1.81. The molecule has 1 fully saturated rings. The van der Waals surface area contributed by atoms with Crippen LogP contribution in [-0.4, -0.2) is 12.6 Å². The number of rotatable bonds is 7. The van der Waals surface area contributed by atoms with Crippen molar-refractivity contribution >= 4 is 27.6 Å². The zero-order valence-electron chi connectivity index (χ0n) is 16.0. The van der Waals surface area contributed by atoms with Crippen molar-refractivity contribution < 1.29 is 9.53 Å². The first-order valence-electron chi connectivity index (χ1n) is 9.94. The van der Waals surface area contributed by atoms with Crippen LogP contribution in [0.2, 0.25) is 0 Å². The van der Waals surface area contributed by atoms with Gasteiger partial charge in [0.1, 0.15) is 0 Å². The molecule has 0 saturated heterocycles. The Morgan fingerprint density at radius 3 is 2.56 bits per heavy atom. The van der Waals surface area contributed by atoms with Gasteiger partial charge in [0, 0.05) is 16.7 Å². The van der Waals surface area contributed by atoms with E-state index in [0.29, 0.717) is 12.2 Å². The molecule has 0 radical (unpaired) electrons. The van der Waals surface area contributed by atoms with Crippen LogP contribution in [0.15, 0.2) is 46.9 Å². The van der Waals surface area contributed by atoms with Gasteiger partial charge in [-0.1, -0.05) is 66.2 Å². The van der Waals surface area contributed by atoms with E-state index < -0.39 is 0 Å². The summed E-state index contributed by atoms with van der Waals surface area (Å²) in [6.45, 7) is 2.96. The summed E-state index contributed by atoms with van der Waals surface area (Å²) < 4.78 is 6.25. The molecule has 0 aromatic heterocycles. The Kier molecular flexibility index (Phi) is 7.33. The fourth-order valence-corrected chi connectivity index (χ4v) is 4.03. The van der Waals surface area contributed by atoms with Crippen molar-refractivity contribution in [2.24, 2.45) is 5.92 Å². The molecule has 0 aliphatic heterocycles. The molecule has 3 nitrogen and oxygen atoms in total. The number of ether oxygens (including phenoxy) is 1. The molecule has 27 heavy (non-hydrogen) atoms. The SMILES string of the molecule is CCOC(=O)c1ccc(CC2CCCCC2)c(NCc2ccc(Br)cc2)c1. The van der Waals surface area contributed by atoms with Crippen LogP contribution < -0.4 is 5.32 Å². The molecular formula is C23H28BrNO2. The minimum Gasteiger partial charge on any atom is -0.462 e. The van der Waals surface area contributed by atoms with E-state index in [4.69, 9.17) is 4.74 Å². The van der Waals surface area contributed by atoms with Crippen molar-refractivity contribution in [2.75, 3.05) is 11.9 Å². The number of anilines is 1. The van der Waals surface area contributed by atoms with Gasteiger partial charge in [-0.15, -0.1) is 0 Å². The first-order chi connectivity index (χ1) is 13.2. The van der Waals surface area contributed by atoms with E-state index in [1.165, 1.54) is 43.2 Å². The lowest BCUT2D eigenvalue weighted by Gasteiger charge is -2.23. The largest absolute Gasteiger partial charge is 0.462 e. The summed E-state index contributed by atoms with van der Waals surface area (Å²) in [6, 6.07) is 14.3. The monoisotopic (exact) mass is 429 g/mol. The van der Waals surface area contributed by atoms with Gasteiger partial charge in [0.25, 0.3) is 0 Å². The summed E-state index contributed by atoms with van der Waals surface area (Å²) in [7, 11) is 0. The van der Waals surface area contributed by atoms with E-state index in [-0.39, 0.29) is 5.97 Å². The van der Waals surface area contributed by atoms with Crippen LogP contribution in [0.5, 0.6) is 0 Å². The summed E-state index contributed by atoms with van der Waals surface area (Å²) in [5.74, 6) is 0.494. The number of nitrogens with one attached hydrogen (secondary N) is 1. The molecule has 0 atom stereocenters. The molecule has 4 heteroatoms. The lowest BCUT2D eigenvalue weighted by molar-refractivity contribution is 0.0526. The molecule has 1 N–H and O–H groups in total. The Bertz CT molecular complexity index is 751. The van der Waals surface area contributed by atoms with Gasteiger partial charge in [0.15, 0.2) is 0 Å². The van der Waals surface area contributed by atoms with Crippen LogP contribution in [-0.2, 0) is 17.7 Å². The number of hydrogen-bond donors (Lipinski definition) is 1. The predicted octanol–water partition coefficient (Wildman–Crippen LogP) is 6.36. The van der Waals surface area contributed by atoms with E-state index in [1.54, 1.807) is 0 Å². The number of esters is 1. The molecule has 0 spiro atoms. The zero-order chi connectivity index (χ0) is 19.1. The molecular weight excluding hydrogens is 402 g/mol. The highest BCUT2D eigenvalue weighted by Crippen LogP contribution is 2.30. The first-order valence-corrected chi connectivity index (χ1v) is 10.7. The maximum Gasteiger partial charge on any atom is 0.338 e. The van der Waals surface area contributed by atoms with Crippen LogP contribution >= 0.6 is 15.9 Å². The number of hydrogen-bond acceptors (Lipinski definition) is 3. The molecule has 144 valence electrons. The predicted molar refractivity (Wildman–Crippen MR) is 114 cm³/mol. The molecule has 0 heterocycles. The third kappa shape index (κ3) is 5.83. The lowest BCUT2D eigenvalue weighted by atomic mass is 9.84. The minimum absolute atomic E-state index is 0.256. The van der Waals surface area contributed by atoms with Gasteiger partial charge in [-0.05, 0) is 54.7 Å². The van der Waals surface area contributed by atoms with Gasteiger partial charge in [-0.3, -0.25) is 0 Å². The maximum absolute atomic E-state index is 12.2. The van der Waals surface area contributed by atoms with Gasteiger partial charge < -0.3 is 10.1 Å². The molecule has 0 bridgehead atoms. The van der Waals surface area contributed by atoms with Crippen molar-refractivity contribution in [1.82, 2.24) is 0 Å². The highest BCUT2D eigenvalue weighted by Gasteiger charge is 2.17. The van der Waals surface area contributed by atoms with Gasteiger partial charge in [-0.25, -0.2) is 4.79 Å². The second-order valence-electron chi connectivity index (χ2n) is 7.28. The molecule has 2 aromatic rings. The molecule has 0 unspecified atom stereocenters. The molecule has 3 rings (SSSR count). The van der Waals surface area contributed by atoms with Gasteiger partial charge in [0.2, 0.25) is 0 Å². The second kappa shape index (κ2) is 9.93. The van der Waals surface area contributed by atoms with E-state index in [9.17, 15) is 4.79 Å². The Labute approximate surface area is 170 Å². The van der Waals surface area contributed by atoms with E-state index in [0.717, 1.165) is 29.0 Å². The number of benzene rings is 2. The smallest absolute Gasteiger partial charge is 0.338 e. The third-order valence-electron chi connectivity index (χ3n) is 5.25. The fraction of sp³-hybridized carbons (Fsp3) is 0.435. The van der Waals surface area contributed by atoms with Gasteiger partial charge in [-0.2, -0.15) is 0 Å². The summed E-state index contributed by atoms with van der Waals surface area (Å²) in [5.41, 5.74) is 4.17. The number of carbonyl (C=O) groups is 1. The topological polar surface area (TPSA) is 38.3 Å². The van der Waals surface area contributed by atoms with Crippen LogP contribution in [0.1, 0.15) is 60.5 Å². The molecule has 2 aromatic carbocycles. The van der Waals surface area contributed by atoms with Crippen molar-refractivity contribution in [2.45, 2.75) is 52.0 Å². The zero-order valence-corrected chi connectivity index (χ0v) is 17.6. The maximum atomic E-state index is 12.2. The normalized spacial score (nSPS) is 14.7. The van der Waals surface area contributed by atoms with Crippen LogP contribution in [0.3, 0.4) is 0 Å². The summed E-state index contributed by atoms with van der Waals surface area (Å²) in [4.78, 5) is 12.2. The van der Waals surface area contributed by atoms with Crippen molar-refractivity contribution in [1.29, 1.82) is 0 Å². The van der Waals surface area contributed by atoms with Crippen LogP contribution in [0.4, 0.5) is 5.69 Å². The highest BCUT2D eigenvalue weighted by molar-refractivity contribution is 9.10. The quantitative estimate of drug-likeness (QED) is 0.520. The third-order valence-corrected chi connectivity index (χ3v) is 5.78. The van der Waals surface area contributed by atoms with E-state index >= 15 is 0 Å². The first kappa shape index (κ1) is 19.9.